The summed E-state index contributed by atoms with van der Waals surface area (Å²) < 4.78 is 0. The second-order valence-corrected chi connectivity index (χ2v) is 5.14. The molecule has 13 heavy (non-hydrogen) atoms. The Morgan fingerprint density at radius 3 is 3.15 bits per heavy atom. The minimum Gasteiger partial charge on any atom is -0.299 e. The minimum atomic E-state index is 0.306. The third kappa shape index (κ3) is 0.806. The van der Waals surface area contributed by atoms with Gasteiger partial charge in [0.15, 0.2) is 0 Å². The van der Waals surface area contributed by atoms with Crippen LogP contribution >= 0.6 is 0 Å². The Bertz CT molecular complexity index is 291. The smallest absolute Gasteiger partial charge is 0.137 e. The van der Waals surface area contributed by atoms with E-state index in [1.165, 1.54) is 12.8 Å². The van der Waals surface area contributed by atoms with E-state index in [4.69, 9.17) is 0 Å². The second-order valence-electron chi connectivity index (χ2n) is 5.14. The summed E-state index contributed by atoms with van der Waals surface area (Å²) in [6, 6.07) is 0. The molecule has 0 aliphatic heterocycles. The van der Waals surface area contributed by atoms with E-state index in [1.54, 1.807) is 0 Å². The van der Waals surface area contributed by atoms with Gasteiger partial charge in [-0.1, -0.05) is 19.1 Å². The van der Waals surface area contributed by atoms with Gasteiger partial charge < -0.3 is 0 Å². The minimum absolute atomic E-state index is 0.306. The molecule has 3 aliphatic carbocycles. The predicted molar refractivity (Wildman–Crippen MR) is 51.2 cm³/mol. The zero-order valence-corrected chi connectivity index (χ0v) is 8.12. The summed E-state index contributed by atoms with van der Waals surface area (Å²) in [7, 11) is 0. The van der Waals surface area contributed by atoms with E-state index in [0.29, 0.717) is 23.0 Å². The van der Waals surface area contributed by atoms with Gasteiger partial charge in [-0.2, -0.15) is 0 Å². The third-order valence-electron chi connectivity index (χ3n) is 4.60. The summed E-state index contributed by atoms with van der Waals surface area (Å²) in [4.78, 5) is 11.8. The molecular weight excluding hydrogens is 160 g/mol. The lowest BCUT2D eigenvalue weighted by Gasteiger charge is -2.37. The SMILES string of the molecule is CC1CC[C@H]2C(=O)C[C@H]3C=C[C@@]12C3. The average Bonchev–Trinajstić information content (AvgIpc) is 2.59. The maximum Gasteiger partial charge on any atom is 0.137 e. The van der Waals surface area contributed by atoms with Crippen molar-refractivity contribution in [3.8, 4) is 0 Å². The van der Waals surface area contributed by atoms with Gasteiger partial charge in [-0.3, -0.25) is 4.79 Å². The number of hydrogen-bond acceptors (Lipinski definition) is 1. The highest BCUT2D eigenvalue weighted by molar-refractivity contribution is 5.84. The first-order valence-corrected chi connectivity index (χ1v) is 5.44. The molecule has 0 heterocycles. The van der Waals surface area contributed by atoms with Crippen LogP contribution in [0, 0.1) is 23.2 Å². The van der Waals surface area contributed by atoms with Gasteiger partial charge in [0.1, 0.15) is 5.78 Å². The predicted octanol–water partition coefficient (Wildman–Crippen LogP) is 2.57. The van der Waals surface area contributed by atoms with Gasteiger partial charge in [0.25, 0.3) is 0 Å². The number of Topliss-reactive ketones (excluding diaryl/α,β-unsaturated/α-hetero) is 1. The Kier molecular flexibility index (Phi) is 1.35. The fourth-order valence-electron chi connectivity index (χ4n) is 3.83. The molecule has 0 amide bonds. The van der Waals surface area contributed by atoms with Crippen molar-refractivity contribution in [3.63, 3.8) is 0 Å². The van der Waals surface area contributed by atoms with Crippen molar-refractivity contribution >= 4 is 5.78 Å². The Labute approximate surface area is 79.2 Å². The van der Waals surface area contributed by atoms with Crippen LogP contribution in [-0.4, -0.2) is 5.78 Å². The van der Waals surface area contributed by atoms with Crippen molar-refractivity contribution in [2.45, 2.75) is 32.6 Å². The summed E-state index contributed by atoms with van der Waals surface area (Å²) in [5.74, 6) is 2.26. The Morgan fingerprint density at radius 1 is 1.46 bits per heavy atom. The first-order chi connectivity index (χ1) is 6.22. The summed E-state index contributed by atoms with van der Waals surface area (Å²) in [6.45, 7) is 2.32. The molecule has 2 saturated carbocycles. The van der Waals surface area contributed by atoms with Crippen LogP contribution in [0.2, 0.25) is 0 Å². The molecule has 4 atom stereocenters. The number of hydrogen-bond donors (Lipinski definition) is 0. The fourth-order valence-corrected chi connectivity index (χ4v) is 3.83. The van der Waals surface area contributed by atoms with Crippen LogP contribution in [0.5, 0.6) is 0 Å². The summed E-state index contributed by atoms with van der Waals surface area (Å²) in [6.07, 6.45) is 9.19. The Hall–Kier alpha value is -0.590. The monoisotopic (exact) mass is 176 g/mol. The summed E-state index contributed by atoms with van der Waals surface area (Å²) in [5.41, 5.74) is 0.306. The highest BCUT2D eigenvalue weighted by Gasteiger charge is 2.55. The first kappa shape index (κ1) is 7.78. The van der Waals surface area contributed by atoms with Crippen LogP contribution in [-0.2, 0) is 4.79 Å². The van der Waals surface area contributed by atoms with Crippen LogP contribution in [0.1, 0.15) is 32.6 Å². The molecule has 2 bridgehead atoms. The van der Waals surface area contributed by atoms with E-state index < -0.39 is 0 Å². The van der Waals surface area contributed by atoms with Gasteiger partial charge in [-0.25, -0.2) is 0 Å². The standard InChI is InChI=1S/C12H16O/c1-8-2-3-10-11(13)6-9-4-5-12(8,10)7-9/h4-5,8-10H,2-3,6-7H2,1H3/t8?,9-,10+,12-/m1/s1. The second kappa shape index (κ2) is 2.26. The Balaban J connectivity index is 2.07. The fraction of sp³-hybridized carbons (Fsp3) is 0.750. The molecule has 3 rings (SSSR count). The highest BCUT2D eigenvalue weighted by Crippen LogP contribution is 2.59. The first-order valence-electron chi connectivity index (χ1n) is 5.44. The Morgan fingerprint density at radius 2 is 2.31 bits per heavy atom. The number of fused-ring (bicyclic) bond motifs is 1. The molecule has 0 radical (unpaired) electrons. The van der Waals surface area contributed by atoms with Crippen molar-refractivity contribution in [1.82, 2.24) is 0 Å². The average molecular weight is 176 g/mol. The lowest BCUT2D eigenvalue weighted by molar-refractivity contribution is -0.128. The molecule has 1 heteroatoms. The normalized spacial score (nSPS) is 52.7. The van der Waals surface area contributed by atoms with Gasteiger partial charge in [0.2, 0.25) is 0 Å². The maximum atomic E-state index is 11.8. The van der Waals surface area contributed by atoms with E-state index in [-0.39, 0.29) is 0 Å². The third-order valence-corrected chi connectivity index (χ3v) is 4.60. The van der Waals surface area contributed by atoms with Crippen LogP contribution < -0.4 is 0 Å². The molecular formula is C12H16O. The number of carbonyl (C=O) groups excluding carboxylic acids is 1. The molecule has 1 nitrogen and oxygen atoms in total. The molecule has 0 aromatic rings. The summed E-state index contributed by atoms with van der Waals surface area (Å²) in [5, 5.41) is 0. The lowest BCUT2D eigenvalue weighted by Crippen LogP contribution is -2.37. The molecule has 3 aliphatic rings. The molecule has 0 aromatic carbocycles. The molecule has 0 aromatic heterocycles. The molecule has 70 valence electrons. The number of ketones is 1. The topological polar surface area (TPSA) is 17.1 Å². The van der Waals surface area contributed by atoms with Crippen LogP contribution in [0.4, 0.5) is 0 Å². The zero-order chi connectivity index (χ0) is 9.05. The van der Waals surface area contributed by atoms with E-state index in [1.807, 2.05) is 0 Å². The molecule has 0 N–H and O–H groups in total. The quantitative estimate of drug-likeness (QED) is 0.518. The molecule has 1 spiro atoms. The van der Waals surface area contributed by atoms with Gasteiger partial charge >= 0.3 is 0 Å². The zero-order valence-electron chi connectivity index (χ0n) is 8.12. The maximum absolute atomic E-state index is 11.8. The van der Waals surface area contributed by atoms with Crippen molar-refractivity contribution in [3.05, 3.63) is 12.2 Å². The highest BCUT2D eigenvalue weighted by atomic mass is 16.1. The van der Waals surface area contributed by atoms with Crippen molar-refractivity contribution in [1.29, 1.82) is 0 Å². The number of carbonyl (C=O) groups is 1. The number of allylic oxidation sites excluding steroid dienone is 2. The van der Waals surface area contributed by atoms with Gasteiger partial charge in [-0.05, 0) is 31.1 Å². The molecule has 1 unspecified atom stereocenters. The van der Waals surface area contributed by atoms with Crippen molar-refractivity contribution in [2.24, 2.45) is 23.2 Å². The van der Waals surface area contributed by atoms with Crippen LogP contribution in [0.3, 0.4) is 0 Å². The molecule has 2 fully saturated rings. The molecule has 0 saturated heterocycles. The van der Waals surface area contributed by atoms with Crippen molar-refractivity contribution in [2.75, 3.05) is 0 Å². The van der Waals surface area contributed by atoms with Crippen LogP contribution in [0.25, 0.3) is 0 Å². The largest absolute Gasteiger partial charge is 0.299 e. The van der Waals surface area contributed by atoms with Gasteiger partial charge in [-0.15, -0.1) is 0 Å². The van der Waals surface area contributed by atoms with Crippen molar-refractivity contribution < 1.29 is 4.79 Å². The summed E-state index contributed by atoms with van der Waals surface area (Å²) >= 11 is 0. The van der Waals surface area contributed by atoms with Gasteiger partial charge in [0.05, 0.1) is 0 Å². The van der Waals surface area contributed by atoms with E-state index in [0.717, 1.165) is 18.8 Å². The number of rotatable bonds is 0. The van der Waals surface area contributed by atoms with E-state index in [2.05, 4.69) is 19.1 Å². The van der Waals surface area contributed by atoms with E-state index in [9.17, 15) is 4.79 Å². The lowest BCUT2D eigenvalue weighted by atomic mass is 9.65. The van der Waals surface area contributed by atoms with Crippen LogP contribution in [0.15, 0.2) is 12.2 Å². The van der Waals surface area contributed by atoms with E-state index >= 15 is 0 Å². The van der Waals surface area contributed by atoms with Gasteiger partial charge in [0, 0.05) is 17.8 Å².